The second-order valence-electron chi connectivity index (χ2n) is 9.06. The van der Waals surface area contributed by atoms with E-state index in [1.165, 1.54) is 11.3 Å². The first-order valence-corrected chi connectivity index (χ1v) is 14.4. The minimum absolute atomic E-state index is 0.0398. The number of nitrogens with one attached hydrogen (secondary N) is 1. The molecule has 1 atom stereocenters. The summed E-state index contributed by atoms with van der Waals surface area (Å²) in [5.74, 6) is 0.462. The van der Waals surface area contributed by atoms with Gasteiger partial charge in [0.1, 0.15) is 22.0 Å². The van der Waals surface area contributed by atoms with Crippen molar-refractivity contribution in [3.05, 3.63) is 117 Å². The third-order valence-corrected chi connectivity index (χ3v) is 8.87. The van der Waals surface area contributed by atoms with Crippen molar-refractivity contribution >= 4 is 40.6 Å². The van der Waals surface area contributed by atoms with Crippen LogP contribution in [0.2, 0.25) is 5.02 Å². The molecule has 2 aromatic carbocycles. The van der Waals surface area contributed by atoms with Gasteiger partial charge >= 0.3 is 0 Å². The third kappa shape index (κ3) is 4.85. The molecule has 0 fully saturated rings. The summed E-state index contributed by atoms with van der Waals surface area (Å²) in [6.07, 6.45) is 1.78. The fourth-order valence-corrected chi connectivity index (χ4v) is 6.45. The van der Waals surface area contributed by atoms with Gasteiger partial charge in [0, 0.05) is 30.0 Å². The first-order chi connectivity index (χ1) is 19.4. The van der Waals surface area contributed by atoms with Crippen molar-refractivity contribution in [1.82, 2.24) is 25.3 Å². The van der Waals surface area contributed by atoms with Gasteiger partial charge in [0.25, 0.3) is 5.91 Å². The highest BCUT2D eigenvalue weighted by Crippen LogP contribution is 2.44. The SMILES string of the molecule is Cn1nncc1-c1ccccc1Oc1cccc(C2(c3ccsc3)CC(O)=C(Sc3ccccc3Cl)C(=O)N2)n1. The number of thioether (sulfide) groups is 1. The molecule has 2 N–H and O–H groups in total. The molecule has 1 amide bonds. The summed E-state index contributed by atoms with van der Waals surface area (Å²) in [6.45, 7) is 0. The number of benzene rings is 2. The molecule has 1 aliphatic heterocycles. The number of aliphatic hydroxyl groups excluding tert-OH is 1. The van der Waals surface area contributed by atoms with Gasteiger partial charge in [-0.2, -0.15) is 11.3 Å². The van der Waals surface area contributed by atoms with Crippen molar-refractivity contribution in [3.8, 4) is 22.9 Å². The summed E-state index contributed by atoms with van der Waals surface area (Å²) in [5, 5.41) is 26.8. The van der Waals surface area contributed by atoms with Crippen LogP contribution in [0.15, 0.2) is 105 Å². The van der Waals surface area contributed by atoms with Gasteiger partial charge in [-0.15, -0.1) is 5.10 Å². The molecule has 3 aromatic heterocycles. The number of aromatic nitrogens is 4. The molecule has 0 aliphatic carbocycles. The second-order valence-corrected chi connectivity index (χ2v) is 11.3. The average molecular weight is 588 g/mol. The van der Waals surface area contributed by atoms with E-state index in [0.29, 0.717) is 27.2 Å². The van der Waals surface area contributed by atoms with Crippen LogP contribution < -0.4 is 10.1 Å². The van der Waals surface area contributed by atoms with Gasteiger partial charge in [-0.05, 0) is 52.7 Å². The Morgan fingerprint density at radius 2 is 1.93 bits per heavy atom. The van der Waals surface area contributed by atoms with E-state index in [1.807, 2.05) is 78.5 Å². The van der Waals surface area contributed by atoms with Crippen molar-refractivity contribution in [1.29, 1.82) is 0 Å². The molecule has 0 radical (unpaired) electrons. The van der Waals surface area contributed by atoms with Gasteiger partial charge in [0.2, 0.25) is 5.88 Å². The zero-order valence-electron chi connectivity index (χ0n) is 21.1. The molecule has 200 valence electrons. The number of rotatable bonds is 7. The van der Waals surface area contributed by atoms with E-state index in [1.54, 1.807) is 23.0 Å². The number of aryl methyl sites for hydroxylation is 1. The van der Waals surface area contributed by atoms with Crippen LogP contribution in [0.1, 0.15) is 17.7 Å². The molecular weight excluding hydrogens is 566 g/mol. The van der Waals surface area contributed by atoms with E-state index >= 15 is 0 Å². The van der Waals surface area contributed by atoms with Gasteiger partial charge in [-0.3, -0.25) is 4.79 Å². The highest BCUT2D eigenvalue weighted by Gasteiger charge is 2.44. The predicted octanol–water partition coefficient (Wildman–Crippen LogP) is 6.71. The quantitative estimate of drug-likeness (QED) is 0.218. The maximum Gasteiger partial charge on any atom is 0.262 e. The van der Waals surface area contributed by atoms with Crippen molar-refractivity contribution in [2.45, 2.75) is 16.9 Å². The monoisotopic (exact) mass is 587 g/mol. The largest absolute Gasteiger partial charge is 0.511 e. The van der Waals surface area contributed by atoms with E-state index in [2.05, 4.69) is 15.6 Å². The normalized spacial score (nSPS) is 17.1. The number of amides is 1. The molecule has 1 aliphatic rings. The first-order valence-electron chi connectivity index (χ1n) is 12.2. The van der Waals surface area contributed by atoms with Crippen LogP contribution in [-0.4, -0.2) is 31.0 Å². The fourth-order valence-electron chi connectivity index (χ4n) is 4.61. The van der Waals surface area contributed by atoms with Crippen LogP contribution >= 0.6 is 34.7 Å². The van der Waals surface area contributed by atoms with Crippen molar-refractivity contribution in [2.24, 2.45) is 7.05 Å². The van der Waals surface area contributed by atoms with E-state index < -0.39 is 11.4 Å². The summed E-state index contributed by atoms with van der Waals surface area (Å²) in [5.41, 5.74) is 1.84. The lowest BCUT2D eigenvalue weighted by molar-refractivity contribution is -0.119. The minimum atomic E-state index is -1.10. The Morgan fingerprint density at radius 3 is 2.67 bits per heavy atom. The standard InChI is InChI=1S/C29H22ClN5O3S2/c1-35-21(16-31-34-35)19-7-2-4-9-23(19)38-26-12-6-11-25(32-26)29(18-13-14-39-17-18)15-22(36)27(28(37)33-29)40-24-10-5-3-8-20(24)30/h2-14,16-17,36H,15H2,1H3,(H,33,37). The van der Waals surface area contributed by atoms with Crippen molar-refractivity contribution < 1.29 is 14.6 Å². The maximum absolute atomic E-state index is 13.5. The Balaban J connectivity index is 1.38. The molecular formula is C29H22ClN5O3S2. The Morgan fingerprint density at radius 1 is 1.10 bits per heavy atom. The fraction of sp³-hybridized carbons (Fsp3) is 0.103. The molecule has 0 spiro atoms. The number of hydrogen-bond donors (Lipinski definition) is 2. The van der Waals surface area contributed by atoms with Gasteiger partial charge in [0.05, 0.1) is 22.6 Å². The highest BCUT2D eigenvalue weighted by molar-refractivity contribution is 8.04. The van der Waals surface area contributed by atoms with Crippen LogP contribution in [0.25, 0.3) is 11.3 Å². The van der Waals surface area contributed by atoms with Crippen molar-refractivity contribution in [3.63, 3.8) is 0 Å². The van der Waals surface area contributed by atoms with E-state index in [9.17, 15) is 9.90 Å². The van der Waals surface area contributed by atoms with E-state index in [0.717, 1.165) is 28.6 Å². The van der Waals surface area contributed by atoms with E-state index in [4.69, 9.17) is 21.3 Å². The molecule has 8 nitrogen and oxygen atoms in total. The predicted molar refractivity (Wildman–Crippen MR) is 156 cm³/mol. The number of ether oxygens (including phenoxy) is 1. The van der Waals surface area contributed by atoms with E-state index in [-0.39, 0.29) is 17.1 Å². The van der Waals surface area contributed by atoms with Gasteiger partial charge in [-0.1, -0.05) is 58.9 Å². The minimum Gasteiger partial charge on any atom is -0.511 e. The number of pyridine rings is 1. The highest BCUT2D eigenvalue weighted by atomic mass is 35.5. The molecule has 0 saturated carbocycles. The summed E-state index contributed by atoms with van der Waals surface area (Å²) >= 11 is 8.96. The maximum atomic E-state index is 13.5. The Bertz CT molecular complexity index is 1740. The molecule has 0 saturated heterocycles. The third-order valence-electron chi connectivity index (χ3n) is 6.54. The summed E-state index contributed by atoms with van der Waals surface area (Å²) in [6, 6.07) is 22.1. The van der Waals surface area contributed by atoms with Gasteiger partial charge in [-0.25, -0.2) is 9.67 Å². The smallest absolute Gasteiger partial charge is 0.262 e. The zero-order chi connectivity index (χ0) is 27.7. The lowest BCUT2D eigenvalue weighted by atomic mass is 9.82. The van der Waals surface area contributed by atoms with Crippen LogP contribution in [-0.2, 0) is 17.4 Å². The summed E-state index contributed by atoms with van der Waals surface area (Å²) in [7, 11) is 1.81. The van der Waals surface area contributed by atoms with Crippen LogP contribution in [0.5, 0.6) is 11.6 Å². The lowest BCUT2D eigenvalue weighted by Crippen LogP contribution is -2.50. The number of hydrogen-bond acceptors (Lipinski definition) is 8. The summed E-state index contributed by atoms with van der Waals surface area (Å²) < 4.78 is 7.93. The van der Waals surface area contributed by atoms with Crippen molar-refractivity contribution in [2.75, 3.05) is 0 Å². The second kappa shape index (κ2) is 10.8. The topological polar surface area (TPSA) is 102 Å². The Kier molecular flexibility index (Phi) is 7.05. The van der Waals surface area contributed by atoms with Crippen LogP contribution in [0.4, 0.5) is 0 Å². The van der Waals surface area contributed by atoms with Gasteiger partial charge in [0.15, 0.2) is 0 Å². The molecule has 0 bridgehead atoms. The number of halogens is 1. The number of carbonyl (C=O) groups excluding carboxylic acids is 1. The molecule has 4 heterocycles. The molecule has 40 heavy (non-hydrogen) atoms. The molecule has 1 unspecified atom stereocenters. The number of carbonyl (C=O) groups is 1. The lowest BCUT2D eigenvalue weighted by Gasteiger charge is -2.37. The number of thiophene rings is 1. The molecule has 6 rings (SSSR count). The molecule has 11 heteroatoms. The van der Waals surface area contributed by atoms with Crippen LogP contribution in [0.3, 0.4) is 0 Å². The zero-order valence-corrected chi connectivity index (χ0v) is 23.5. The first kappa shape index (κ1) is 26.1. The molecule has 5 aromatic rings. The average Bonchev–Trinajstić information content (AvgIpc) is 3.65. The van der Waals surface area contributed by atoms with Crippen LogP contribution in [0, 0.1) is 0 Å². The van der Waals surface area contributed by atoms with Gasteiger partial charge < -0.3 is 15.2 Å². The number of aliphatic hydroxyl groups is 1. The number of nitrogens with zero attached hydrogens (tertiary/aromatic N) is 4. The summed E-state index contributed by atoms with van der Waals surface area (Å²) in [4.78, 5) is 19.2. The Hall–Kier alpha value is -4.12. The Labute approximate surface area is 243 Å². The number of para-hydroxylation sites is 1.